The number of hydrogen-bond donors (Lipinski definition) is 2. The monoisotopic (exact) mass is 216 g/mol. The van der Waals surface area contributed by atoms with Crippen LogP contribution in [0, 0.1) is 0 Å². The van der Waals surface area contributed by atoms with E-state index < -0.39 is 6.09 Å². The molecule has 5 nitrogen and oxygen atoms in total. The van der Waals surface area contributed by atoms with Gasteiger partial charge in [-0.15, -0.1) is 0 Å². The summed E-state index contributed by atoms with van der Waals surface area (Å²) in [6.07, 6.45) is 3.03. The van der Waals surface area contributed by atoms with Crippen LogP contribution >= 0.6 is 0 Å². The molecule has 1 aliphatic rings. The number of likely N-dealkylation sites (tertiary alicyclic amines) is 1. The number of nitrogens with zero attached hydrogens (tertiary/aromatic N) is 1. The van der Waals surface area contributed by atoms with Crippen LogP contribution in [0.4, 0.5) is 4.79 Å². The summed E-state index contributed by atoms with van der Waals surface area (Å²) in [5.74, 6) is 0. The molecule has 0 saturated carbocycles. The number of hydrogen-bond acceptors (Lipinski definition) is 3. The zero-order valence-corrected chi connectivity index (χ0v) is 9.02. The molecule has 1 aliphatic heterocycles. The van der Waals surface area contributed by atoms with E-state index in [-0.39, 0.29) is 6.10 Å². The Hall–Kier alpha value is -0.810. The maximum Gasteiger partial charge on any atom is 0.407 e. The van der Waals surface area contributed by atoms with Crippen molar-refractivity contribution in [2.24, 2.45) is 5.73 Å². The highest BCUT2D eigenvalue weighted by Gasteiger charge is 2.22. The summed E-state index contributed by atoms with van der Waals surface area (Å²) in [7, 11) is 0. The molecular weight excluding hydrogens is 196 g/mol. The highest BCUT2D eigenvalue weighted by molar-refractivity contribution is 5.64. The van der Waals surface area contributed by atoms with Crippen LogP contribution in [0.25, 0.3) is 0 Å². The number of carbonyl (C=O) groups is 1. The van der Waals surface area contributed by atoms with Gasteiger partial charge in [-0.3, -0.25) is 0 Å². The number of carboxylic acid groups (broad SMARTS) is 1. The Morgan fingerprint density at radius 2 is 2.07 bits per heavy atom. The Bertz CT molecular complexity index is 191. The van der Waals surface area contributed by atoms with Gasteiger partial charge in [-0.1, -0.05) is 0 Å². The second-order valence-corrected chi connectivity index (χ2v) is 3.84. The minimum Gasteiger partial charge on any atom is -0.465 e. The summed E-state index contributed by atoms with van der Waals surface area (Å²) in [5.41, 5.74) is 5.37. The second kappa shape index (κ2) is 6.63. The van der Waals surface area contributed by atoms with Gasteiger partial charge in [0.05, 0.1) is 6.10 Å². The van der Waals surface area contributed by atoms with Crippen molar-refractivity contribution >= 4 is 6.09 Å². The fourth-order valence-corrected chi connectivity index (χ4v) is 1.71. The predicted molar refractivity (Wildman–Crippen MR) is 56.9 cm³/mol. The van der Waals surface area contributed by atoms with Crippen LogP contribution in [-0.4, -0.2) is 48.4 Å². The third-order valence-corrected chi connectivity index (χ3v) is 2.66. The zero-order valence-electron chi connectivity index (χ0n) is 9.02. The van der Waals surface area contributed by atoms with Crippen LogP contribution < -0.4 is 5.73 Å². The Morgan fingerprint density at radius 1 is 1.40 bits per heavy atom. The molecule has 0 spiro atoms. The highest BCUT2D eigenvalue weighted by atomic mass is 16.5. The zero-order chi connectivity index (χ0) is 11.1. The third-order valence-electron chi connectivity index (χ3n) is 2.66. The van der Waals surface area contributed by atoms with Crippen molar-refractivity contribution in [2.45, 2.75) is 31.8 Å². The van der Waals surface area contributed by atoms with Crippen molar-refractivity contribution < 1.29 is 14.6 Å². The number of ether oxygens (including phenoxy) is 1. The lowest BCUT2D eigenvalue weighted by molar-refractivity contribution is 0.00883. The molecule has 0 bridgehead atoms. The standard InChI is InChI=1S/C10H20N2O3/c11-5-1-2-8-15-9-3-6-12(7-4-9)10(13)14/h9H,1-8,11H2,(H,13,14). The third kappa shape index (κ3) is 4.48. The van der Waals surface area contributed by atoms with Crippen LogP contribution in [0.5, 0.6) is 0 Å². The van der Waals surface area contributed by atoms with E-state index in [9.17, 15) is 4.79 Å². The van der Waals surface area contributed by atoms with E-state index in [1.165, 1.54) is 4.90 Å². The molecule has 0 aromatic carbocycles. The topological polar surface area (TPSA) is 75.8 Å². The lowest BCUT2D eigenvalue weighted by Crippen LogP contribution is -2.40. The Morgan fingerprint density at radius 3 is 2.60 bits per heavy atom. The minimum absolute atomic E-state index is 0.235. The van der Waals surface area contributed by atoms with Crippen LogP contribution in [0.15, 0.2) is 0 Å². The summed E-state index contributed by atoms with van der Waals surface area (Å²) < 4.78 is 5.64. The van der Waals surface area contributed by atoms with E-state index in [1.807, 2.05) is 0 Å². The molecule has 0 aromatic heterocycles. The Kier molecular flexibility index (Phi) is 5.42. The summed E-state index contributed by atoms with van der Waals surface area (Å²) in [6.45, 7) is 2.64. The molecule has 1 fully saturated rings. The van der Waals surface area contributed by atoms with Crippen LogP contribution in [0.2, 0.25) is 0 Å². The molecule has 1 saturated heterocycles. The molecule has 15 heavy (non-hydrogen) atoms. The van der Waals surface area contributed by atoms with Gasteiger partial charge in [0.15, 0.2) is 0 Å². The number of piperidine rings is 1. The van der Waals surface area contributed by atoms with Crippen molar-refractivity contribution in [3.05, 3.63) is 0 Å². The van der Waals surface area contributed by atoms with Gasteiger partial charge >= 0.3 is 6.09 Å². The van der Waals surface area contributed by atoms with E-state index in [2.05, 4.69) is 0 Å². The summed E-state index contributed by atoms with van der Waals surface area (Å²) in [4.78, 5) is 12.1. The molecule has 0 unspecified atom stereocenters. The molecular formula is C10H20N2O3. The first-order valence-electron chi connectivity index (χ1n) is 5.53. The smallest absolute Gasteiger partial charge is 0.407 e. The van der Waals surface area contributed by atoms with Crippen LogP contribution in [0.3, 0.4) is 0 Å². The van der Waals surface area contributed by atoms with Gasteiger partial charge in [0.2, 0.25) is 0 Å². The van der Waals surface area contributed by atoms with Gasteiger partial charge in [0.25, 0.3) is 0 Å². The van der Waals surface area contributed by atoms with Gasteiger partial charge in [-0.2, -0.15) is 0 Å². The fourth-order valence-electron chi connectivity index (χ4n) is 1.71. The lowest BCUT2D eigenvalue weighted by Gasteiger charge is -2.29. The quantitative estimate of drug-likeness (QED) is 0.669. The molecule has 1 amide bonds. The summed E-state index contributed by atoms with van der Waals surface area (Å²) in [5, 5.41) is 8.74. The first kappa shape index (κ1) is 12.3. The predicted octanol–water partition coefficient (Wildman–Crippen LogP) is 0.884. The minimum atomic E-state index is -0.823. The van der Waals surface area contributed by atoms with E-state index in [4.69, 9.17) is 15.6 Å². The van der Waals surface area contributed by atoms with Gasteiger partial charge < -0.3 is 20.5 Å². The van der Waals surface area contributed by atoms with Crippen molar-refractivity contribution in [3.63, 3.8) is 0 Å². The molecule has 0 atom stereocenters. The fraction of sp³-hybridized carbons (Fsp3) is 0.900. The van der Waals surface area contributed by atoms with Gasteiger partial charge in [0, 0.05) is 19.7 Å². The summed E-state index contributed by atoms with van der Waals surface area (Å²) in [6, 6.07) is 0. The molecule has 0 radical (unpaired) electrons. The lowest BCUT2D eigenvalue weighted by atomic mass is 10.1. The first-order chi connectivity index (χ1) is 7.24. The Balaban J connectivity index is 2.07. The number of rotatable bonds is 5. The van der Waals surface area contributed by atoms with E-state index in [0.717, 1.165) is 32.3 Å². The number of amides is 1. The van der Waals surface area contributed by atoms with Crippen molar-refractivity contribution in [3.8, 4) is 0 Å². The molecule has 3 N–H and O–H groups in total. The van der Waals surface area contributed by atoms with E-state index in [0.29, 0.717) is 19.6 Å². The second-order valence-electron chi connectivity index (χ2n) is 3.84. The van der Waals surface area contributed by atoms with Crippen molar-refractivity contribution in [2.75, 3.05) is 26.2 Å². The average molecular weight is 216 g/mol. The molecule has 1 rings (SSSR count). The molecule has 0 aliphatic carbocycles. The highest BCUT2D eigenvalue weighted by Crippen LogP contribution is 2.13. The molecule has 0 aromatic rings. The van der Waals surface area contributed by atoms with Crippen molar-refractivity contribution in [1.29, 1.82) is 0 Å². The average Bonchev–Trinajstić information content (AvgIpc) is 2.25. The maximum atomic E-state index is 10.6. The molecule has 5 heteroatoms. The van der Waals surface area contributed by atoms with E-state index >= 15 is 0 Å². The first-order valence-corrected chi connectivity index (χ1v) is 5.53. The largest absolute Gasteiger partial charge is 0.465 e. The van der Waals surface area contributed by atoms with Gasteiger partial charge in [0.1, 0.15) is 0 Å². The van der Waals surface area contributed by atoms with Crippen LogP contribution in [0.1, 0.15) is 25.7 Å². The maximum absolute atomic E-state index is 10.6. The number of nitrogens with two attached hydrogens (primary N) is 1. The van der Waals surface area contributed by atoms with Gasteiger partial charge in [-0.05, 0) is 32.2 Å². The van der Waals surface area contributed by atoms with Crippen LogP contribution in [-0.2, 0) is 4.74 Å². The normalized spacial score (nSPS) is 18.1. The Labute approximate surface area is 90.2 Å². The number of unbranched alkanes of at least 4 members (excludes halogenated alkanes) is 1. The van der Waals surface area contributed by atoms with Crippen molar-refractivity contribution in [1.82, 2.24) is 4.90 Å². The molecule has 1 heterocycles. The van der Waals surface area contributed by atoms with E-state index in [1.54, 1.807) is 0 Å². The van der Waals surface area contributed by atoms with Gasteiger partial charge in [-0.25, -0.2) is 4.79 Å². The molecule has 88 valence electrons. The summed E-state index contributed by atoms with van der Waals surface area (Å²) >= 11 is 0. The SMILES string of the molecule is NCCCCOC1CCN(C(=O)O)CC1.